The van der Waals surface area contributed by atoms with Gasteiger partial charge < -0.3 is 5.32 Å². The fourth-order valence-corrected chi connectivity index (χ4v) is 2.85. The summed E-state index contributed by atoms with van der Waals surface area (Å²) in [4.78, 5) is 16.9. The van der Waals surface area contributed by atoms with Gasteiger partial charge >= 0.3 is 0 Å². The van der Waals surface area contributed by atoms with E-state index in [1.807, 2.05) is 22.7 Å². The number of carbonyl (C=O) groups is 1. The first-order valence-electron chi connectivity index (χ1n) is 9.10. The van der Waals surface area contributed by atoms with Gasteiger partial charge in [0.15, 0.2) is 0 Å². The monoisotopic (exact) mass is 347 g/mol. The molecular formula is C22H25N3O. The summed E-state index contributed by atoms with van der Waals surface area (Å²) in [5.41, 5.74) is 6.09. The third-order valence-electron chi connectivity index (χ3n) is 4.37. The number of hydrogen-bond acceptors (Lipinski definition) is 2. The van der Waals surface area contributed by atoms with E-state index in [0.29, 0.717) is 6.54 Å². The zero-order valence-corrected chi connectivity index (χ0v) is 15.6. The van der Waals surface area contributed by atoms with Gasteiger partial charge in [0, 0.05) is 24.4 Å². The molecule has 0 spiro atoms. The summed E-state index contributed by atoms with van der Waals surface area (Å²) in [6.45, 7) is 6.93. The molecule has 2 aromatic heterocycles. The van der Waals surface area contributed by atoms with E-state index in [0.717, 1.165) is 41.0 Å². The van der Waals surface area contributed by atoms with Crippen molar-refractivity contribution >= 4 is 17.6 Å². The van der Waals surface area contributed by atoms with Gasteiger partial charge in [0.05, 0.1) is 11.4 Å². The van der Waals surface area contributed by atoms with Gasteiger partial charge in [-0.25, -0.2) is 4.98 Å². The van der Waals surface area contributed by atoms with Crippen LogP contribution in [0.4, 0.5) is 0 Å². The van der Waals surface area contributed by atoms with Crippen molar-refractivity contribution in [3.8, 4) is 11.3 Å². The number of benzene rings is 1. The third-order valence-corrected chi connectivity index (χ3v) is 4.37. The molecule has 4 nitrogen and oxygen atoms in total. The lowest BCUT2D eigenvalue weighted by Gasteiger charge is -2.03. The molecule has 0 bridgehead atoms. The van der Waals surface area contributed by atoms with Crippen LogP contribution >= 0.6 is 0 Å². The fourth-order valence-electron chi connectivity index (χ4n) is 2.85. The number of aromatic nitrogens is 2. The van der Waals surface area contributed by atoms with Crippen molar-refractivity contribution in [2.24, 2.45) is 0 Å². The minimum atomic E-state index is -0.0737. The van der Waals surface area contributed by atoms with Crippen LogP contribution in [0.3, 0.4) is 0 Å². The molecule has 0 atom stereocenters. The van der Waals surface area contributed by atoms with Gasteiger partial charge in [0.2, 0.25) is 5.91 Å². The van der Waals surface area contributed by atoms with Crippen LogP contribution < -0.4 is 5.32 Å². The van der Waals surface area contributed by atoms with E-state index in [2.05, 4.69) is 56.4 Å². The molecule has 2 heterocycles. The van der Waals surface area contributed by atoms with Gasteiger partial charge in [-0.1, -0.05) is 43.2 Å². The maximum Gasteiger partial charge on any atom is 0.244 e. The quantitative estimate of drug-likeness (QED) is 0.525. The van der Waals surface area contributed by atoms with E-state index in [1.54, 1.807) is 6.08 Å². The molecule has 0 fully saturated rings. The predicted molar refractivity (Wildman–Crippen MR) is 107 cm³/mol. The van der Waals surface area contributed by atoms with Crippen molar-refractivity contribution in [2.45, 2.75) is 33.6 Å². The van der Waals surface area contributed by atoms with Crippen molar-refractivity contribution < 1.29 is 4.79 Å². The summed E-state index contributed by atoms with van der Waals surface area (Å²) in [7, 11) is 0. The van der Waals surface area contributed by atoms with E-state index >= 15 is 0 Å². The Morgan fingerprint density at radius 2 is 1.92 bits per heavy atom. The number of rotatable bonds is 6. The molecule has 134 valence electrons. The molecule has 1 aromatic carbocycles. The number of nitrogens with one attached hydrogen (secondary N) is 1. The number of imidazole rings is 1. The SMILES string of the molecule is CCCCNC(=O)/C=C/c1c(-c2ccc(C)cc2)nc2cc(C)ccn12. The predicted octanol–water partition coefficient (Wildman–Crippen LogP) is 4.55. The Hall–Kier alpha value is -2.88. The number of hydrogen-bond donors (Lipinski definition) is 1. The fraction of sp³-hybridized carbons (Fsp3) is 0.273. The van der Waals surface area contributed by atoms with Crippen LogP contribution in [0.25, 0.3) is 23.0 Å². The molecule has 0 aliphatic carbocycles. The molecule has 0 aliphatic heterocycles. The van der Waals surface area contributed by atoms with Gasteiger partial charge in [-0.3, -0.25) is 9.20 Å². The molecule has 0 saturated heterocycles. The Bertz CT molecular complexity index is 936. The number of carbonyl (C=O) groups excluding carboxylic acids is 1. The molecule has 26 heavy (non-hydrogen) atoms. The van der Waals surface area contributed by atoms with E-state index in [9.17, 15) is 4.79 Å². The van der Waals surface area contributed by atoms with Gasteiger partial charge in [0.1, 0.15) is 5.65 Å². The number of unbranched alkanes of at least 4 members (excludes halogenated alkanes) is 1. The number of nitrogens with zero attached hydrogens (tertiary/aromatic N) is 2. The van der Waals surface area contributed by atoms with Crippen LogP contribution in [0, 0.1) is 13.8 Å². The summed E-state index contributed by atoms with van der Waals surface area (Å²) >= 11 is 0. The summed E-state index contributed by atoms with van der Waals surface area (Å²) in [6.07, 6.45) is 7.50. The second kappa shape index (κ2) is 8.00. The maximum absolute atomic E-state index is 12.1. The Morgan fingerprint density at radius 1 is 1.15 bits per heavy atom. The van der Waals surface area contributed by atoms with Crippen molar-refractivity contribution in [3.05, 3.63) is 65.5 Å². The van der Waals surface area contributed by atoms with Gasteiger partial charge in [-0.05, 0) is 44.0 Å². The lowest BCUT2D eigenvalue weighted by molar-refractivity contribution is -0.116. The van der Waals surface area contributed by atoms with Crippen LogP contribution in [-0.4, -0.2) is 21.8 Å². The van der Waals surface area contributed by atoms with E-state index in [4.69, 9.17) is 4.98 Å². The average Bonchev–Trinajstić information content (AvgIpc) is 2.98. The topological polar surface area (TPSA) is 46.4 Å². The Balaban J connectivity index is 2.00. The molecule has 3 rings (SSSR count). The third kappa shape index (κ3) is 4.02. The first-order chi connectivity index (χ1) is 12.6. The summed E-state index contributed by atoms with van der Waals surface area (Å²) < 4.78 is 2.03. The van der Waals surface area contributed by atoms with Crippen molar-refractivity contribution in [3.63, 3.8) is 0 Å². The molecule has 0 radical (unpaired) electrons. The van der Waals surface area contributed by atoms with Crippen LogP contribution in [0.15, 0.2) is 48.7 Å². The molecule has 1 amide bonds. The standard InChI is InChI=1S/C22H25N3O/c1-4-5-13-23-21(26)11-10-19-22(18-8-6-16(2)7-9-18)24-20-15-17(3)12-14-25(19)20/h6-12,14-15H,4-5,13H2,1-3H3,(H,23,26)/b11-10+. The number of pyridine rings is 1. The summed E-state index contributed by atoms with van der Waals surface area (Å²) in [5.74, 6) is -0.0737. The van der Waals surface area contributed by atoms with Gasteiger partial charge in [-0.2, -0.15) is 0 Å². The normalized spacial score (nSPS) is 11.3. The zero-order chi connectivity index (χ0) is 18.5. The van der Waals surface area contributed by atoms with Gasteiger partial charge in [-0.15, -0.1) is 0 Å². The van der Waals surface area contributed by atoms with Crippen molar-refractivity contribution in [2.75, 3.05) is 6.54 Å². The highest BCUT2D eigenvalue weighted by atomic mass is 16.1. The first-order valence-corrected chi connectivity index (χ1v) is 9.10. The molecule has 0 aliphatic rings. The maximum atomic E-state index is 12.1. The van der Waals surface area contributed by atoms with Gasteiger partial charge in [0.25, 0.3) is 0 Å². The highest BCUT2D eigenvalue weighted by Crippen LogP contribution is 2.26. The smallest absolute Gasteiger partial charge is 0.244 e. The number of fused-ring (bicyclic) bond motifs is 1. The molecule has 3 aromatic rings. The Kier molecular flexibility index (Phi) is 5.52. The molecule has 0 saturated carbocycles. The summed E-state index contributed by atoms with van der Waals surface area (Å²) in [5, 5.41) is 2.91. The highest BCUT2D eigenvalue weighted by molar-refractivity contribution is 5.92. The Labute approximate surface area is 154 Å². The lowest BCUT2D eigenvalue weighted by Crippen LogP contribution is -2.21. The largest absolute Gasteiger partial charge is 0.353 e. The van der Waals surface area contributed by atoms with E-state index < -0.39 is 0 Å². The molecule has 4 heteroatoms. The van der Waals surface area contributed by atoms with E-state index in [1.165, 1.54) is 5.56 Å². The summed E-state index contributed by atoms with van der Waals surface area (Å²) in [6, 6.07) is 12.4. The molecular weight excluding hydrogens is 322 g/mol. The first kappa shape index (κ1) is 17.9. The number of aryl methyl sites for hydroxylation is 2. The van der Waals surface area contributed by atoms with Crippen molar-refractivity contribution in [1.82, 2.24) is 14.7 Å². The van der Waals surface area contributed by atoms with Crippen LogP contribution in [0.1, 0.15) is 36.6 Å². The van der Waals surface area contributed by atoms with E-state index in [-0.39, 0.29) is 5.91 Å². The molecule has 0 unspecified atom stereocenters. The zero-order valence-electron chi connectivity index (χ0n) is 15.6. The average molecular weight is 347 g/mol. The highest BCUT2D eigenvalue weighted by Gasteiger charge is 2.12. The number of amides is 1. The van der Waals surface area contributed by atoms with Crippen molar-refractivity contribution in [1.29, 1.82) is 0 Å². The lowest BCUT2D eigenvalue weighted by atomic mass is 10.1. The minimum absolute atomic E-state index is 0.0737. The second-order valence-electron chi connectivity index (χ2n) is 6.62. The Morgan fingerprint density at radius 3 is 2.65 bits per heavy atom. The van der Waals surface area contributed by atoms with Crippen LogP contribution in [0.5, 0.6) is 0 Å². The molecule has 1 N–H and O–H groups in total. The second-order valence-corrected chi connectivity index (χ2v) is 6.62. The van der Waals surface area contributed by atoms with Crippen LogP contribution in [-0.2, 0) is 4.79 Å². The van der Waals surface area contributed by atoms with Crippen LogP contribution in [0.2, 0.25) is 0 Å². The minimum Gasteiger partial charge on any atom is -0.353 e.